The number of aliphatic hydroxyl groups is 1. The molecule has 0 aromatic carbocycles. The highest BCUT2D eigenvalue weighted by atomic mass is 16.3. The summed E-state index contributed by atoms with van der Waals surface area (Å²) in [6.07, 6.45) is 9.47. The van der Waals surface area contributed by atoms with Crippen molar-refractivity contribution < 1.29 is 5.11 Å². The van der Waals surface area contributed by atoms with Crippen molar-refractivity contribution >= 4 is 0 Å². The Balaban J connectivity index is 2.03. The first-order valence-electron chi connectivity index (χ1n) is 7.08. The molecule has 2 atom stereocenters. The highest BCUT2D eigenvalue weighted by Gasteiger charge is 2.19. The summed E-state index contributed by atoms with van der Waals surface area (Å²) in [5, 5.41) is 12.6. The van der Waals surface area contributed by atoms with Crippen LogP contribution in [0.3, 0.4) is 0 Å². The maximum Gasteiger partial charge on any atom is 0.0456 e. The topological polar surface area (TPSA) is 32.3 Å². The number of aliphatic hydroxyl groups excluding tert-OH is 1. The molecular formula is C14H29NO. The molecule has 0 aliphatic heterocycles. The van der Waals surface area contributed by atoms with E-state index in [-0.39, 0.29) is 0 Å². The highest BCUT2D eigenvalue weighted by molar-refractivity contribution is 4.75. The zero-order chi connectivity index (χ0) is 11.8. The Morgan fingerprint density at radius 3 is 2.50 bits per heavy atom. The normalized spacial score (nSPS) is 21.9. The Bertz CT molecular complexity index is 166. The molecule has 0 spiro atoms. The Labute approximate surface area is 101 Å². The third-order valence-electron chi connectivity index (χ3n) is 4.01. The number of nitrogens with one attached hydrogen (secondary N) is 1. The van der Waals surface area contributed by atoms with Gasteiger partial charge in [-0.1, -0.05) is 26.2 Å². The van der Waals surface area contributed by atoms with E-state index in [1.165, 1.54) is 38.5 Å². The fourth-order valence-corrected chi connectivity index (χ4v) is 2.67. The summed E-state index contributed by atoms with van der Waals surface area (Å²) < 4.78 is 0. The van der Waals surface area contributed by atoms with Gasteiger partial charge in [0.1, 0.15) is 0 Å². The fraction of sp³-hybridized carbons (Fsp3) is 1.00. The van der Waals surface area contributed by atoms with Crippen molar-refractivity contribution in [2.75, 3.05) is 13.2 Å². The Kier molecular flexibility index (Phi) is 7.06. The standard InChI is InChI=1S/C14H29NO/c1-12(11-16)7-6-10-15-13(2)14-8-4-3-5-9-14/h12-16H,3-11H2,1-2H3. The van der Waals surface area contributed by atoms with Crippen LogP contribution in [0.25, 0.3) is 0 Å². The second-order valence-corrected chi connectivity index (χ2v) is 5.57. The summed E-state index contributed by atoms with van der Waals surface area (Å²) in [6.45, 7) is 5.90. The lowest BCUT2D eigenvalue weighted by Gasteiger charge is -2.28. The lowest BCUT2D eigenvalue weighted by molar-refractivity contribution is 0.225. The van der Waals surface area contributed by atoms with Gasteiger partial charge in [-0.05, 0) is 51.0 Å². The molecule has 2 unspecified atom stereocenters. The molecular weight excluding hydrogens is 198 g/mol. The first kappa shape index (κ1) is 14.0. The molecule has 1 aliphatic rings. The van der Waals surface area contributed by atoms with Crippen molar-refractivity contribution in [2.24, 2.45) is 11.8 Å². The third-order valence-corrected chi connectivity index (χ3v) is 4.01. The molecule has 0 heterocycles. The maximum absolute atomic E-state index is 8.93. The zero-order valence-electron chi connectivity index (χ0n) is 11.0. The first-order valence-corrected chi connectivity index (χ1v) is 7.08. The van der Waals surface area contributed by atoms with E-state index in [0.29, 0.717) is 18.6 Å². The van der Waals surface area contributed by atoms with Gasteiger partial charge in [0.15, 0.2) is 0 Å². The lowest BCUT2D eigenvalue weighted by Crippen LogP contribution is -2.35. The average molecular weight is 227 g/mol. The lowest BCUT2D eigenvalue weighted by atomic mass is 9.84. The smallest absolute Gasteiger partial charge is 0.0456 e. The Hall–Kier alpha value is -0.0800. The molecule has 1 rings (SSSR count). The zero-order valence-corrected chi connectivity index (χ0v) is 11.0. The van der Waals surface area contributed by atoms with Gasteiger partial charge < -0.3 is 10.4 Å². The van der Waals surface area contributed by atoms with Crippen LogP contribution in [0.15, 0.2) is 0 Å². The molecule has 0 aromatic rings. The SMILES string of the molecule is CC(CO)CCCNC(C)C1CCCCC1. The molecule has 16 heavy (non-hydrogen) atoms. The molecule has 0 aromatic heterocycles. The second kappa shape index (κ2) is 8.08. The molecule has 0 amide bonds. The van der Waals surface area contributed by atoms with Crippen LogP contribution >= 0.6 is 0 Å². The van der Waals surface area contributed by atoms with Gasteiger partial charge in [0.05, 0.1) is 0 Å². The first-order chi connectivity index (χ1) is 7.74. The largest absolute Gasteiger partial charge is 0.396 e. The van der Waals surface area contributed by atoms with E-state index < -0.39 is 0 Å². The minimum atomic E-state index is 0.332. The van der Waals surface area contributed by atoms with Crippen LogP contribution in [0.1, 0.15) is 58.8 Å². The summed E-state index contributed by atoms with van der Waals surface area (Å²) in [5.41, 5.74) is 0. The van der Waals surface area contributed by atoms with Crippen molar-refractivity contribution in [3.8, 4) is 0 Å². The van der Waals surface area contributed by atoms with Gasteiger partial charge >= 0.3 is 0 Å². The van der Waals surface area contributed by atoms with Crippen molar-refractivity contribution in [1.29, 1.82) is 0 Å². The summed E-state index contributed by atoms with van der Waals surface area (Å²) in [4.78, 5) is 0. The van der Waals surface area contributed by atoms with Crippen LogP contribution in [-0.4, -0.2) is 24.3 Å². The van der Waals surface area contributed by atoms with E-state index in [1.54, 1.807) is 0 Å². The summed E-state index contributed by atoms with van der Waals surface area (Å²) in [5.74, 6) is 1.37. The minimum absolute atomic E-state index is 0.332. The minimum Gasteiger partial charge on any atom is -0.396 e. The van der Waals surface area contributed by atoms with E-state index in [4.69, 9.17) is 5.11 Å². The van der Waals surface area contributed by atoms with Crippen molar-refractivity contribution in [3.05, 3.63) is 0 Å². The predicted octanol–water partition coefficient (Wildman–Crippen LogP) is 2.95. The molecule has 2 heteroatoms. The fourth-order valence-electron chi connectivity index (χ4n) is 2.67. The molecule has 1 aliphatic carbocycles. The Morgan fingerprint density at radius 2 is 1.88 bits per heavy atom. The second-order valence-electron chi connectivity index (χ2n) is 5.57. The Morgan fingerprint density at radius 1 is 1.19 bits per heavy atom. The summed E-state index contributed by atoms with van der Waals surface area (Å²) >= 11 is 0. The van der Waals surface area contributed by atoms with E-state index >= 15 is 0 Å². The van der Waals surface area contributed by atoms with Gasteiger partial charge in [-0.15, -0.1) is 0 Å². The predicted molar refractivity (Wildman–Crippen MR) is 69.5 cm³/mol. The molecule has 2 N–H and O–H groups in total. The maximum atomic E-state index is 8.93. The van der Waals surface area contributed by atoms with Crippen molar-refractivity contribution in [1.82, 2.24) is 5.32 Å². The third kappa shape index (κ3) is 5.31. The molecule has 96 valence electrons. The van der Waals surface area contributed by atoms with Crippen LogP contribution < -0.4 is 5.32 Å². The van der Waals surface area contributed by atoms with Crippen LogP contribution in [0.4, 0.5) is 0 Å². The number of hydrogen-bond acceptors (Lipinski definition) is 2. The van der Waals surface area contributed by atoms with Crippen LogP contribution in [0, 0.1) is 11.8 Å². The molecule has 0 radical (unpaired) electrons. The molecule has 0 bridgehead atoms. The van der Waals surface area contributed by atoms with Gasteiger partial charge in [-0.2, -0.15) is 0 Å². The van der Waals surface area contributed by atoms with Gasteiger partial charge in [0.2, 0.25) is 0 Å². The number of rotatable bonds is 7. The number of hydrogen-bond donors (Lipinski definition) is 2. The van der Waals surface area contributed by atoms with Gasteiger partial charge in [-0.25, -0.2) is 0 Å². The van der Waals surface area contributed by atoms with E-state index in [2.05, 4.69) is 19.2 Å². The molecule has 1 saturated carbocycles. The van der Waals surface area contributed by atoms with Gasteiger partial charge in [-0.3, -0.25) is 0 Å². The quantitative estimate of drug-likeness (QED) is 0.655. The van der Waals surface area contributed by atoms with E-state index in [0.717, 1.165) is 18.9 Å². The van der Waals surface area contributed by atoms with Crippen molar-refractivity contribution in [3.63, 3.8) is 0 Å². The monoisotopic (exact) mass is 227 g/mol. The molecule has 0 saturated heterocycles. The summed E-state index contributed by atoms with van der Waals surface area (Å²) in [6, 6.07) is 0.685. The van der Waals surface area contributed by atoms with Crippen LogP contribution in [0.5, 0.6) is 0 Å². The van der Waals surface area contributed by atoms with E-state index in [1.807, 2.05) is 0 Å². The highest BCUT2D eigenvalue weighted by Crippen LogP contribution is 2.26. The van der Waals surface area contributed by atoms with Crippen LogP contribution in [-0.2, 0) is 0 Å². The van der Waals surface area contributed by atoms with Gasteiger partial charge in [0.25, 0.3) is 0 Å². The molecule has 2 nitrogen and oxygen atoms in total. The van der Waals surface area contributed by atoms with Gasteiger partial charge in [0, 0.05) is 12.6 Å². The van der Waals surface area contributed by atoms with E-state index in [9.17, 15) is 0 Å². The van der Waals surface area contributed by atoms with Crippen molar-refractivity contribution in [2.45, 2.75) is 64.8 Å². The van der Waals surface area contributed by atoms with Crippen LogP contribution in [0.2, 0.25) is 0 Å². The molecule has 1 fully saturated rings. The average Bonchev–Trinajstić information content (AvgIpc) is 2.35. The summed E-state index contributed by atoms with van der Waals surface area (Å²) in [7, 11) is 0.